The molecule has 0 fully saturated rings. The quantitative estimate of drug-likeness (QED) is 0.641. The van der Waals surface area contributed by atoms with Crippen LogP contribution in [0.25, 0.3) is 0 Å². The number of benzene rings is 1. The van der Waals surface area contributed by atoms with Crippen molar-refractivity contribution in [1.29, 1.82) is 0 Å². The maximum atomic E-state index is 5.68. The smallest absolute Gasteiger partial charge is 0.0829 e. The zero-order valence-corrected chi connectivity index (χ0v) is 11.4. The van der Waals surface area contributed by atoms with E-state index in [9.17, 15) is 0 Å². The van der Waals surface area contributed by atoms with Gasteiger partial charge in [0.25, 0.3) is 0 Å². The average molecular weight is 262 g/mol. The van der Waals surface area contributed by atoms with E-state index in [1.54, 1.807) is 0 Å². The van der Waals surface area contributed by atoms with E-state index in [1.165, 1.54) is 17.1 Å². The van der Waals surface area contributed by atoms with Gasteiger partial charge in [0.1, 0.15) is 0 Å². The number of nitrogens with zero attached hydrogens (tertiary/aromatic N) is 2. The first-order valence-corrected chi connectivity index (χ1v) is 6.82. The average Bonchev–Trinajstić information content (AvgIpc) is 2.86. The Kier molecular flexibility index (Phi) is 4.41. The lowest BCUT2D eigenvalue weighted by atomic mass is 10.0. The fourth-order valence-corrected chi connectivity index (χ4v) is 2.79. The lowest BCUT2D eigenvalue weighted by Gasteiger charge is -2.16. The number of nitrogens with two attached hydrogens (primary N) is 1. The zero-order valence-electron chi connectivity index (χ0n) is 10.6. The third-order valence-electron chi connectivity index (χ3n) is 2.89. The van der Waals surface area contributed by atoms with Gasteiger partial charge in [0, 0.05) is 0 Å². The number of nitrogens with one attached hydrogen (secondary N) is 1. The van der Waals surface area contributed by atoms with Crippen LogP contribution in [0.3, 0.4) is 0 Å². The molecule has 0 spiro atoms. The van der Waals surface area contributed by atoms with Crippen molar-refractivity contribution in [2.75, 3.05) is 0 Å². The molecule has 96 valence electrons. The lowest BCUT2D eigenvalue weighted by Crippen LogP contribution is -2.29. The molecular formula is C13H18N4S. The van der Waals surface area contributed by atoms with Gasteiger partial charge in [0.15, 0.2) is 0 Å². The summed E-state index contributed by atoms with van der Waals surface area (Å²) in [6, 6.07) is 10.4. The highest BCUT2D eigenvalue weighted by Crippen LogP contribution is 2.27. The van der Waals surface area contributed by atoms with Crippen molar-refractivity contribution in [2.24, 2.45) is 5.84 Å². The molecule has 18 heavy (non-hydrogen) atoms. The van der Waals surface area contributed by atoms with Crippen LogP contribution in [-0.2, 0) is 6.42 Å². The summed E-state index contributed by atoms with van der Waals surface area (Å²) in [5.74, 6) is 6.05. The second-order valence-electron chi connectivity index (χ2n) is 4.59. The van der Waals surface area contributed by atoms with Crippen LogP contribution in [0.4, 0.5) is 0 Å². The van der Waals surface area contributed by atoms with Gasteiger partial charge in [-0.25, -0.2) is 0 Å². The molecule has 5 heteroatoms. The van der Waals surface area contributed by atoms with Gasteiger partial charge >= 0.3 is 0 Å². The van der Waals surface area contributed by atoms with Crippen LogP contribution in [0.1, 0.15) is 41.9 Å². The van der Waals surface area contributed by atoms with Crippen LogP contribution in [0, 0.1) is 0 Å². The van der Waals surface area contributed by atoms with E-state index in [2.05, 4.69) is 41.0 Å². The van der Waals surface area contributed by atoms with Gasteiger partial charge in [0.05, 0.1) is 16.6 Å². The van der Waals surface area contributed by atoms with Crippen molar-refractivity contribution < 1.29 is 0 Å². The highest BCUT2D eigenvalue weighted by atomic mass is 32.1. The second-order valence-corrected chi connectivity index (χ2v) is 5.37. The topological polar surface area (TPSA) is 63.8 Å². The van der Waals surface area contributed by atoms with Crippen molar-refractivity contribution in [3.05, 3.63) is 46.5 Å². The molecule has 0 amide bonds. The van der Waals surface area contributed by atoms with Gasteiger partial charge in [-0.1, -0.05) is 48.7 Å². The van der Waals surface area contributed by atoms with Gasteiger partial charge < -0.3 is 0 Å². The van der Waals surface area contributed by atoms with Crippen molar-refractivity contribution in [2.45, 2.75) is 32.2 Å². The Bertz CT molecular complexity index is 481. The first-order chi connectivity index (χ1) is 8.72. The van der Waals surface area contributed by atoms with E-state index in [0.29, 0.717) is 5.92 Å². The minimum Gasteiger partial charge on any atom is -0.271 e. The van der Waals surface area contributed by atoms with E-state index >= 15 is 0 Å². The molecular weight excluding hydrogens is 244 g/mol. The molecule has 0 aliphatic rings. The summed E-state index contributed by atoms with van der Waals surface area (Å²) in [7, 11) is 0. The van der Waals surface area contributed by atoms with E-state index in [0.717, 1.165) is 17.0 Å². The molecule has 0 radical (unpaired) electrons. The van der Waals surface area contributed by atoms with Crippen molar-refractivity contribution in [3.63, 3.8) is 0 Å². The Morgan fingerprint density at radius 3 is 2.61 bits per heavy atom. The molecule has 0 aliphatic heterocycles. The standard InChI is InChI=1S/C13H18N4S/c1-9(2)12-13(18-17-16-12)11(15-14)8-10-6-4-3-5-7-10/h3-7,9,11,15H,8,14H2,1-2H3. The predicted octanol–water partition coefficient (Wildman–Crippen LogP) is 2.41. The van der Waals surface area contributed by atoms with E-state index < -0.39 is 0 Å². The summed E-state index contributed by atoms with van der Waals surface area (Å²) >= 11 is 1.43. The Morgan fingerprint density at radius 1 is 1.28 bits per heavy atom. The van der Waals surface area contributed by atoms with Gasteiger partial charge in [-0.2, -0.15) is 0 Å². The molecule has 1 unspecified atom stereocenters. The number of hydrogen-bond acceptors (Lipinski definition) is 5. The normalized spacial score (nSPS) is 12.9. The summed E-state index contributed by atoms with van der Waals surface area (Å²) in [4.78, 5) is 1.14. The monoisotopic (exact) mass is 262 g/mol. The van der Waals surface area contributed by atoms with Gasteiger partial charge in [0.2, 0.25) is 0 Å². The van der Waals surface area contributed by atoms with Crippen LogP contribution in [0.2, 0.25) is 0 Å². The summed E-state index contributed by atoms with van der Waals surface area (Å²) in [6.07, 6.45) is 0.848. The predicted molar refractivity (Wildman–Crippen MR) is 74.2 cm³/mol. The van der Waals surface area contributed by atoms with Crippen LogP contribution in [-0.4, -0.2) is 9.59 Å². The van der Waals surface area contributed by atoms with Crippen LogP contribution in [0.15, 0.2) is 30.3 Å². The maximum absolute atomic E-state index is 5.68. The molecule has 0 saturated carbocycles. The van der Waals surface area contributed by atoms with E-state index in [4.69, 9.17) is 5.84 Å². The van der Waals surface area contributed by atoms with E-state index in [1.807, 2.05) is 18.2 Å². The third-order valence-corrected chi connectivity index (χ3v) is 3.74. The van der Waals surface area contributed by atoms with Gasteiger partial charge in [-0.3, -0.25) is 11.3 Å². The fraction of sp³-hybridized carbons (Fsp3) is 0.385. The maximum Gasteiger partial charge on any atom is 0.0829 e. The molecule has 1 heterocycles. The molecule has 2 rings (SSSR count). The van der Waals surface area contributed by atoms with Crippen molar-refractivity contribution >= 4 is 11.5 Å². The number of rotatable bonds is 5. The lowest BCUT2D eigenvalue weighted by molar-refractivity contribution is 0.551. The fourth-order valence-electron chi connectivity index (χ4n) is 1.92. The van der Waals surface area contributed by atoms with Crippen LogP contribution < -0.4 is 11.3 Å². The summed E-state index contributed by atoms with van der Waals surface area (Å²) in [6.45, 7) is 4.24. The minimum absolute atomic E-state index is 0.0739. The van der Waals surface area contributed by atoms with Gasteiger partial charge in [-0.05, 0) is 29.4 Å². The zero-order chi connectivity index (χ0) is 13.0. The van der Waals surface area contributed by atoms with E-state index in [-0.39, 0.29) is 6.04 Å². The first kappa shape index (κ1) is 13.1. The Hall–Kier alpha value is -1.30. The molecule has 0 aliphatic carbocycles. The Labute approximate surface area is 111 Å². The molecule has 4 nitrogen and oxygen atoms in total. The van der Waals surface area contributed by atoms with Crippen molar-refractivity contribution in [3.8, 4) is 0 Å². The molecule has 1 atom stereocenters. The highest BCUT2D eigenvalue weighted by molar-refractivity contribution is 7.05. The minimum atomic E-state index is 0.0739. The molecule has 0 saturated heterocycles. The first-order valence-electron chi connectivity index (χ1n) is 6.04. The molecule has 2 aromatic rings. The second kappa shape index (κ2) is 6.04. The Balaban J connectivity index is 2.21. The largest absolute Gasteiger partial charge is 0.271 e. The molecule has 1 aromatic heterocycles. The van der Waals surface area contributed by atoms with Gasteiger partial charge in [-0.15, -0.1) is 5.10 Å². The molecule has 0 bridgehead atoms. The number of hydrazine groups is 1. The Morgan fingerprint density at radius 2 is 2.00 bits per heavy atom. The highest BCUT2D eigenvalue weighted by Gasteiger charge is 2.20. The molecule has 3 N–H and O–H groups in total. The third kappa shape index (κ3) is 2.93. The summed E-state index contributed by atoms with van der Waals surface area (Å²) in [5, 5.41) is 4.20. The van der Waals surface area contributed by atoms with Crippen molar-refractivity contribution in [1.82, 2.24) is 15.0 Å². The SMILES string of the molecule is CC(C)c1nnsc1C(Cc1ccccc1)NN. The molecule has 1 aromatic carbocycles. The summed E-state index contributed by atoms with van der Waals surface area (Å²) in [5.41, 5.74) is 5.17. The number of hydrogen-bond donors (Lipinski definition) is 2. The van der Waals surface area contributed by atoms with Crippen LogP contribution in [0.5, 0.6) is 0 Å². The summed E-state index contributed by atoms with van der Waals surface area (Å²) < 4.78 is 4.05. The number of aromatic nitrogens is 2. The van der Waals surface area contributed by atoms with Crippen LogP contribution >= 0.6 is 11.5 Å².